The summed E-state index contributed by atoms with van der Waals surface area (Å²) in [7, 11) is 0. The van der Waals surface area contributed by atoms with Crippen LogP contribution in [0.1, 0.15) is 53.7 Å². The van der Waals surface area contributed by atoms with E-state index >= 15 is 4.39 Å². The lowest BCUT2D eigenvalue weighted by atomic mass is 9.75. The van der Waals surface area contributed by atoms with Gasteiger partial charge in [-0.2, -0.15) is 5.26 Å². The first kappa shape index (κ1) is 20.4. The zero-order valence-electron chi connectivity index (χ0n) is 16.4. The molecule has 2 atom stereocenters. The number of amides is 1. The monoisotopic (exact) mass is 423 g/mol. The molecular formula is C22H22FN5OS. The molecule has 0 spiro atoms. The van der Waals surface area contributed by atoms with Gasteiger partial charge in [-0.1, -0.05) is 31.0 Å². The summed E-state index contributed by atoms with van der Waals surface area (Å²) in [6.45, 7) is 0. The van der Waals surface area contributed by atoms with Crippen LogP contribution in [0.25, 0.3) is 0 Å². The molecule has 0 saturated heterocycles. The maximum atomic E-state index is 15.1. The minimum atomic E-state index is -0.691. The number of nitrogens with two attached hydrogens (primary N) is 1. The Bertz CT molecular complexity index is 1030. The smallest absolute Gasteiger partial charge is 0.274 e. The van der Waals surface area contributed by atoms with Crippen LogP contribution in [0.5, 0.6) is 0 Å². The first-order chi connectivity index (χ1) is 14.5. The van der Waals surface area contributed by atoms with Crippen LogP contribution in [0.15, 0.2) is 41.5 Å². The van der Waals surface area contributed by atoms with E-state index in [4.69, 9.17) is 16.0 Å². The Morgan fingerprint density at radius 2 is 2.17 bits per heavy atom. The highest BCUT2D eigenvalue weighted by molar-refractivity contribution is 8.13. The molecule has 3 N–H and O–H groups in total. The highest BCUT2D eigenvalue weighted by atomic mass is 32.2. The Morgan fingerprint density at radius 1 is 1.30 bits per heavy atom. The molecule has 2 unspecified atom stereocenters. The van der Waals surface area contributed by atoms with E-state index < -0.39 is 11.4 Å². The van der Waals surface area contributed by atoms with Gasteiger partial charge in [0.25, 0.3) is 5.91 Å². The lowest BCUT2D eigenvalue weighted by Crippen LogP contribution is -2.40. The molecule has 1 saturated carbocycles. The number of pyridine rings is 1. The summed E-state index contributed by atoms with van der Waals surface area (Å²) in [6.07, 6.45) is 6.23. The van der Waals surface area contributed by atoms with Gasteiger partial charge < -0.3 is 11.1 Å². The second-order valence-electron chi connectivity index (χ2n) is 7.67. The largest absolute Gasteiger partial charge is 0.379 e. The summed E-state index contributed by atoms with van der Waals surface area (Å²) in [6, 6.07) is 9.58. The molecule has 0 bridgehead atoms. The summed E-state index contributed by atoms with van der Waals surface area (Å²) in [5.41, 5.74) is 6.91. The molecular weight excluding hydrogens is 401 g/mol. The number of hydrogen-bond donors (Lipinski definition) is 2. The maximum absolute atomic E-state index is 15.1. The number of halogens is 1. The number of carbonyl (C=O) groups is 1. The molecule has 2 aromatic rings. The molecule has 1 fully saturated rings. The van der Waals surface area contributed by atoms with Crippen molar-refractivity contribution in [2.75, 3.05) is 11.1 Å². The van der Waals surface area contributed by atoms with E-state index in [1.54, 1.807) is 6.07 Å². The standard InChI is InChI=1S/C22H22FN5OS/c23-18-7-6-16(27-20(29)19-8-5-14(11-24)12-26-19)10-17(18)22-9-3-1-2-4-15(22)13-30-21(25)28-22/h5-8,10,12,15H,1-4,9,13H2,(H2,25,28)(H,27,29). The van der Waals surface area contributed by atoms with Gasteiger partial charge in [-0.05, 0) is 49.1 Å². The summed E-state index contributed by atoms with van der Waals surface area (Å²) in [5.74, 6) is 0.271. The zero-order valence-corrected chi connectivity index (χ0v) is 17.2. The van der Waals surface area contributed by atoms with Gasteiger partial charge >= 0.3 is 0 Å². The molecule has 2 heterocycles. The van der Waals surface area contributed by atoms with E-state index in [9.17, 15) is 4.79 Å². The molecule has 6 nitrogen and oxygen atoms in total. The van der Waals surface area contributed by atoms with Crippen LogP contribution < -0.4 is 11.1 Å². The van der Waals surface area contributed by atoms with Crippen LogP contribution in [0, 0.1) is 23.1 Å². The lowest BCUT2D eigenvalue weighted by molar-refractivity contribution is 0.102. The fourth-order valence-corrected chi connectivity index (χ4v) is 5.37. The average Bonchev–Trinajstić information content (AvgIpc) is 2.97. The number of nitriles is 1. The number of benzene rings is 1. The molecule has 0 radical (unpaired) electrons. The molecule has 8 heteroatoms. The number of nitrogens with zero attached hydrogens (tertiary/aromatic N) is 3. The number of carbonyl (C=O) groups excluding carboxylic acids is 1. The van der Waals surface area contributed by atoms with Crippen molar-refractivity contribution in [3.63, 3.8) is 0 Å². The van der Waals surface area contributed by atoms with Crippen LogP contribution in [0.4, 0.5) is 10.1 Å². The highest BCUT2D eigenvalue weighted by Crippen LogP contribution is 2.49. The van der Waals surface area contributed by atoms with Crippen LogP contribution >= 0.6 is 11.8 Å². The van der Waals surface area contributed by atoms with Crippen molar-refractivity contribution in [3.05, 3.63) is 59.2 Å². The van der Waals surface area contributed by atoms with E-state index in [1.807, 2.05) is 6.07 Å². The second kappa shape index (κ2) is 8.44. The van der Waals surface area contributed by atoms with Crippen molar-refractivity contribution >= 4 is 28.5 Å². The molecule has 30 heavy (non-hydrogen) atoms. The lowest BCUT2D eigenvalue weighted by Gasteiger charge is -2.40. The van der Waals surface area contributed by atoms with Gasteiger partial charge in [0.2, 0.25) is 0 Å². The van der Waals surface area contributed by atoms with Crippen molar-refractivity contribution in [1.29, 1.82) is 5.26 Å². The van der Waals surface area contributed by atoms with Gasteiger partial charge in [-0.25, -0.2) is 9.37 Å². The first-order valence-electron chi connectivity index (χ1n) is 9.97. The van der Waals surface area contributed by atoms with Crippen LogP contribution in [-0.4, -0.2) is 21.8 Å². The predicted molar refractivity (Wildman–Crippen MR) is 116 cm³/mol. The van der Waals surface area contributed by atoms with Gasteiger partial charge in [-0.15, -0.1) is 0 Å². The number of nitrogens with one attached hydrogen (secondary N) is 1. The number of aromatic nitrogens is 1. The van der Waals surface area contributed by atoms with E-state index in [1.165, 1.54) is 42.2 Å². The Kier molecular flexibility index (Phi) is 5.73. The second-order valence-corrected chi connectivity index (χ2v) is 8.71. The molecule has 1 aromatic heterocycles. The number of anilines is 1. The number of aliphatic imine (C=N–C) groups is 1. The van der Waals surface area contributed by atoms with Gasteiger partial charge in [0.05, 0.1) is 11.1 Å². The third-order valence-corrected chi connectivity index (χ3v) is 6.80. The maximum Gasteiger partial charge on any atom is 0.274 e. The average molecular weight is 424 g/mol. The third-order valence-electron chi connectivity index (χ3n) is 5.84. The van der Waals surface area contributed by atoms with Gasteiger partial charge in [0, 0.05) is 23.2 Å². The van der Waals surface area contributed by atoms with Gasteiger partial charge in [-0.3, -0.25) is 9.79 Å². The zero-order chi connectivity index (χ0) is 21.1. The van der Waals surface area contributed by atoms with E-state index in [2.05, 4.69) is 10.3 Å². The SMILES string of the molecule is N#Cc1ccc(C(=O)Nc2ccc(F)c(C34CCCCCC3CSC(N)=N4)c2)nc1. The number of thioether (sulfide) groups is 1. The van der Waals surface area contributed by atoms with Gasteiger partial charge in [0.1, 0.15) is 17.6 Å². The number of rotatable bonds is 3. The normalized spacial score (nSPS) is 23.5. The van der Waals surface area contributed by atoms with Crippen molar-refractivity contribution in [1.82, 2.24) is 4.98 Å². The number of amidine groups is 1. The molecule has 4 rings (SSSR count). The summed E-state index contributed by atoms with van der Waals surface area (Å²) < 4.78 is 15.1. The molecule has 154 valence electrons. The van der Waals surface area contributed by atoms with Crippen molar-refractivity contribution in [2.45, 2.75) is 37.6 Å². The highest BCUT2D eigenvalue weighted by Gasteiger charge is 2.45. The molecule has 1 aromatic carbocycles. The van der Waals surface area contributed by atoms with Crippen LogP contribution in [0.2, 0.25) is 0 Å². The fraction of sp³-hybridized carbons (Fsp3) is 0.364. The molecule has 2 aliphatic rings. The van der Waals surface area contributed by atoms with E-state index in [0.717, 1.165) is 37.9 Å². The minimum absolute atomic E-state index is 0.182. The van der Waals surface area contributed by atoms with E-state index in [0.29, 0.717) is 22.0 Å². The molecule has 1 aliphatic heterocycles. The first-order valence-corrected chi connectivity index (χ1v) is 11.0. The van der Waals surface area contributed by atoms with Crippen molar-refractivity contribution in [2.24, 2.45) is 16.6 Å². The van der Waals surface area contributed by atoms with E-state index in [-0.39, 0.29) is 17.4 Å². The summed E-state index contributed by atoms with van der Waals surface area (Å²) >= 11 is 1.53. The minimum Gasteiger partial charge on any atom is -0.379 e. The Balaban J connectivity index is 1.67. The third kappa shape index (κ3) is 3.90. The topological polar surface area (TPSA) is 104 Å². The Morgan fingerprint density at radius 3 is 2.93 bits per heavy atom. The van der Waals surface area contributed by atoms with Crippen molar-refractivity contribution < 1.29 is 9.18 Å². The Labute approximate surface area is 178 Å². The van der Waals surface area contributed by atoms with Gasteiger partial charge in [0.15, 0.2) is 5.17 Å². The van der Waals surface area contributed by atoms with Crippen molar-refractivity contribution in [3.8, 4) is 6.07 Å². The summed E-state index contributed by atoms with van der Waals surface area (Å²) in [5, 5.41) is 12.1. The number of hydrogen-bond acceptors (Lipinski definition) is 6. The number of fused-ring (bicyclic) bond motifs is 1. The summed E-state index contributed by atoms with van der Waals surface area (Å²) in [4.78, 5) is 21.4. The predicted octanol–water partition coefficient (Wildman–Crippen LogP) is 4.18. The van der Waals surface area contributed by atoms with Crippen LogP contribution in [-0.2, 0) is 5.54 Å². The molecule has 1 amide bonds. The quantitative estimate of drug-likeness (QED) is 0.771. The molecule has 1 aliphatic carbocycles. The van der Waals surface area contributed by atoms with Crippen LogP contribution in [0.3, 0.4) is 0 Å². The Hall–Kier alpha value is -2.92. The fourth-order valence-electron chi connectivity index (χ4n) is 4.33.